The highest BCUT2D eigenvalue weighted by Crippen LogP contribution is 2.38. The van der Waals surface area contributed by atoms with Gasteiger partial charge in [0, 0.05) is 36.0 Å². The summed E-state index contributed by atoms with van der Waals surface area (Å²) < 4.78 is 102. The average molecular weight is 553 g/mol. The van der Waals surface area contributed by atoms with Crippen LogP contribution < -0.4 is 10.6 Å². The molecule has 3 aromatic rings. The summed E-state index contributed by atoms with van der Waals surface area (Å²) in [6, 6.07) is 1.80. The van der Waals surface area contributed by atoms with Gasteiger partial charge in [0.25, 0.3) is 0 Å². The van der Waals surface area contributed by atoms with Crippen molar-refractivity contribution in [2.24, 2.45) is 0 Å². The van der Waals surface area contributed by atoms with E-state index in [9.17, 15) is 35.5 Å². The number of ether oxygens (including phenoxy) is 2. The molecule has 0 aliphatic heterocycles. The van der Waals surface area contributed by atoms with Crippen molar-refractivity contribution in [3.05, 3.63) is 35.4 Å². The SMILES string of the molecule is CC(C)NC(=O)O[C@H]1C[C@@H](c2cc(Nc3nc(C(F)(F)F)cc4nc(COC(F)(F)F)cn34)n[nH]2)C[C@H]1F. The summed E-state index contributed by atoms with van der Waals surface area (Å²) in [6.07, 6.45) is -11.8. The van der Waals surface area contributed by atoms with Crippen molar-refractivity contribution < 1.29 is 45.0 Å². The minimum absolute atomic E-state index is 0.00671. The molecule has 1 aliphatic carbocycles. The number of hydrogen-bond acceptors (Lipinski definition) is 7. The number of imidazole rings is 1. The molecule has 0 aromatic carbocycles. The molecule has 1 amide bonds. The predicted octanol–water partition coefficient (Wildman–Crippen LogP) is 4.97. The number of fused-ring (bicyclic) bond motifs is 1. The molecule has 0 radical (unpaired) electrons. The van der Waals surface area contributed by atoms with Crippen molar-refractivity contribution >= 4 is 23.5 Å². The van der Waals surface area contributed by atoms with Crippen LogP contribution in [0.2, 0.25) is 0 Å². The number of nitrogens with one attached hydrogen (secondary N) is 3. The zero-order valence-corrected chi connectivity index (χ0v) is 19.8. The third-order valence-corrected chi connectivity index (χ3v) is 5.55. The van der Waals surface area contributed by atoms with Crippen LogP contribution in [0.5, 0.6) is 0 Å². The highest BCUT2D eigenvalue weighted by Gasteiger charge is 2.39. The molecule has 0 spiro atoms. The highest BCUT2D eigenvalue weighted by molar-refractivity contribution is 5.67. The molecular formula is C21H22F7N7O3. The molecule has 3 heterocycles. The number of rotatable bonds is 7. The van der Waals surface area contributed by atoms with E-state index >= 15 is 0 Å². The third-order valence-electron chi connectivity index (χ3n) is 5.55. The van der Waals surface area contributed by atoms with E-state index in [1.165, 1.54) is 6.07 Å². The zero-order chi connectivity index (χ0) is 27.8. The molecule has 3 aromatic heterocycles. The van der Waals surface area contributed by atoms with E-state index in [-0.39, 0.29) is 36.0 Å². The minimum atomic E-state index is -4.96. The molecule has 1 aliphatic rings. The Morgan fingerprint density at radius 3 is 2.58 bits per heavy atom. The van der Waals surface area contributed by atoms with Gasteiger partial charge in [-0.15, -0.1) is 13.2 Å². The molecule has 38 heavy (non-hydrogen) atoms. The predicted molar refractivity (Wildman–Crippen MR) is 116 cm³/mol. The maximum Gasteiger partial charge on any atom is 0.522 e. The number of alkyl halides is 7. The molecule has 0 saturated heterocycles. The molecule has 1 fully saturated rings. The van der Waals surface area contributed by atoms with Crippen LogP contribution in [0.1, 0.15) is 49.7 Å². The number of halogens is 7. The van der Waals surface area contributed by atoms with Gasteiger partial charge < -0.3 is 15.4 Å². The number of H-pyrrole nitrogens is 1. The smallest absolute Gasteiger partial charge is 0.443 e. The van der Waals surface area contributed by atoms with E-state index in [1.54, 1.807) is 13.8 Å². The Balaban J connectivity index is 1.53. The molecule has 3 N–H and O–H groups in total. The van der Waals surface area contributed by atoms with E-state index in [0.717, 1.165) is 10.6 Å². The van der Waals surface area contributed by atoms with Gasteiger partial charge in [-0.3, -0.25) is 14.2 Å². The Morgan fingerprint density at radius 2 is 1.92 bits per heavy atom. The second-order valence-corrected chi connectivity index (χ2v) is 8.92. The molecule has 1 saturated carbocycles. The topological polar surface area (TPSA) is 118 Å². The number of carbonyl (C=O) groups excluding carboxylic acids is 1. The molecular weight excluding hydrogens is 531 g/mol. The van der Waals surface area contributed by atoms with E-state index in [4.69, 9.17) is 4.74 Å². The normalized spacial score (nSPS) is 20.3. The molecule has 17 heteroatoms. The Morgan fingerprint density at radius 1 is 1.18 bits per heavy atom. The van der Waals surface area contributed by atoms with E-state index in [2.05, 4.69) is 35.5 Å². The number of carbonyl (C=O) groups is 1. The summed E-state index contributed by atoms with van der Waals surface area (Å²) in [6.45, 7) is 2.42. The van der Waals surface area contributed by atoms with Gasteiger partial charge in [0.2, 0.25) is 5.95 Å². The lowest BCUT2D eigenvalue weighted by atomic mass is 10.0. The molecule has 0 unspecified atom stereocenters. The fourth-order valence-corrected chi connectivity index (χ4v) is 3.95. The number of amides is 1. The number of nitrogens with zero attached hydrogens (tertiary/aromatic N) is 4. The van der Waals surface area contributed by atoms with Crippen molar-refractivity contribution in [2.45, 2.75) is 70.1 Å². The van der Waals surface area contributed by atoms with Gasteiger partial charge in [-0.05, 0) is 26.7 Å². The van der Waals surface area contributed by atoms with Crippen molar-refractivity contribution in [1.29, 1.82) is 0 Å². The maximum absolute atomic E-state index is 14.5. The Labute approximate surface area is 209 Å². The number of alkyl carbamates (subject to hydrolysis) is 1. The lowest BCUT2D eigenvalue weighted by molar-refractivity contribution is -0.330. The van der Waals surface area contributed by atoms with Gasteiger partial charge in [0.1, 0.15) is 17.9 Å². The molecule has 0 bridgehead atoms. The van der Waals surface area contributed by atoms with Crippen LogP contribution in [0.3, 0.4) is 0 Å². The van der Waals surface area contributed by atoms with E-state index < -0.39 is 55.1 Å². The van der Waals surface area contributed by atoms with Crippen LogP contribution in [-0.4, -0.2) is 55.3 Å². The van der Waals surface area contributed by atoms with Crippen molar-refractivity contribution in [3.8, 4) is 0 Å². The van der Waals surface area contributed by atoms with Crippen LogP contribution in [-0.2, 0) is 22.3 Å². The summed E-state index contributed by atoms with van der Waals surface area (Å²) in [5.74, 6) is -0.856. The largest absolute Gasteiger partial charge is 0.522 e. The first-order chi connectivity index (χ1) is 17.7. The summed E-state index contributed by atoms with van der Waals surface area (Å²) in [4.78, 5) is 19.1. The first kappa shape index (κ1) is 27.4. The second-order valence-electron chi connectivity index (χ2n) is 8.92. The van der Waals surface area contributed by atoms with Crippen LogP contribution in [0, 0.1) is 0 Å². The Kier molecular flexibility index (Phi) is 7.40. The molecule has 3 atom stereocenters. The maximum atomic E-state index is 14.5. The summed E-state index contributed by atoms with van der Waals surface area (Å²) in [5.41, 5.74) is -1.53. The quantitative estimate of drug-likeness (QED) is 0.354. The Hall–Kier alpha value is -3.63. The minimum Gasteiger partial charge on any atom is -0.443 e. The zero-order valence-electron chi connectivity index (χ0n) is 19.8. The third kappa shape index (κ3) is 6.62. The van der Waals surface area contributed by atoms with Gasteiger partial charge in [0.05, 0.1) is 12.3 Å². The second kappa shape index (κ2) is 10.3. The first-order valence-corrected chi connectivity index (χ1v) is 11.3. The van der Waals surface area contributed by atoms with Gasteiger partial charge in [-0.25, -0.2) is 19.2 Å². The summed E-state index contributed by atoms with van der Waals surface area (Å²) in [5, 5.41) is 11.7. The summed E-state index contributed by atoms with van der Waals surface area (Å²) >= 11 is 0. The molecule has 4 rings (SSSR count). The van der Waals surface area contributed by atoms with Crippen molar-refractivity contribution in [1.82, 2.24) is 29.9 Å². The average Bonchev–Trinajstić information content (AvgIpc) is 3.49. The summed E-state index contributed by atoms with van der Waals surface area (Å²) in [7, 11) is 0. The fraction of sp³-hybridized carbons (Fsp3) is 0.524. The number of hydrogen-bond donors (Lipinski definition) is 3. The van der Waals surface area contributed by atoms with E-state index in [0.29, 0.717) is 11.8 Å². The number of aromatic nitrogens is 5. The van der Waals surface area contributed by atoms with Crippen LogP contribution in [0.15, 0.2) is 18.3 Å². The lowest BCUT2D eigenvalue weighted by Gasteiger charge is -2.16. The molecule has 10 nitrogen and oxygen atoms in total. The van der Waals surface area contributed by atoms with Crippen molar-refractivity contribution in [2.75, 3.05) is 5.32 Å². The van der Waals surface area contributed by atoms with Crippen LogP contribution in [0.4, 0.5) is 47.3 Å². The Bertz CT molecular complexity index is 1290. The standard InChI is InChI=1S/C21H22F7N7O3/c1-9(2)29-19(36)38-14-4-10(3-12(14)22)13-5-16(34-33-13)32-18-31-15(20(23,24)25)6-17-30-11(7-35(17)18)8-37-21(26,27)28/h5-7,9-10,12,14H,3-4,8H2,1-2H3,(H,29,36)(H2,31,32,33,34)/t10-,12+,14-/m0/s1. The molecule has 208 valence electrons. The van der Waals surface area contributed by atoms with Crippen LogP contribution in [0.25, 0.3) is 5.65 Å². The lowest BCUT2D eigenvalue weighted by Crippen LogP contribution is -2.35. The first-order valence-electron chi connectivity index (χ1n) is 11.3. The van der Waals surface area contributed by atoms with Crippen LogP contribution >= 0.6 is 0 Å². The highest BCUT2D eigenvalue weighted by atomic mass is 19.4. The van der Waals surface area contributed by atoms with Gasteiger partial charge in [-0.2, -0.15) is 18.3 Å². The number of aromatic amines is 1. The van der Waals surface area contributed by atoms with Crippen molar-refractivity contribution in [3.63, 3.8) is 0 Å². The van der Waals surface area contributed by atoms with Gasteiger partial charge in [-0.1, -0.05) is 0 Å². The fourth-order valence-electron chi connectivity index (χ4n) is 3.95. The number of anilines is 2. The van der Waals surface area contributed by atoms with E-state index in [1.807, 2.05) is 0 Å². The van der Waals surface area contributed by atoms with Gasteiger partial charge in [0.15, 0.2) is 11.5 Å². The monoisotopic (exact) mass is 553 g/mol. The van der Waals surface area contributed by atoms with Gasteiger partial charge >= 0.3 is 18.6 Å².